The van der Waals surface area contributed by atoms with Crippen molar-refractivity contribution in [3.63, 3.8) is 0 Å². The van der Waals surface area contributed by atoms with Gasteiger partial charge in [0.05, 0.1) is 12.1 Å². The maximum absolute atomic E-state index is 12.6. The van der Waals surface area contributed by atoms with Crippen LogP contribution in [0.5, 0.6) is 0 Å². The van der Waals surface area contributed by atoms with Gasteiger partial charge in [0.2, 0.25) is 0 Å². The molecule has 90 valence electrons. The fraction of sp³-hybridized carbons (Fsp3) is 0.700. The molecule has 0 radical (unpaired) electrons. The third kappa shape index (κ3) is 2.21. The number of aliphatic hydroxyl groups excluding tert-OH is 1. The number of hydrogen-bond acceptors (Lipinski definition) is 2. The van der Waals surface area contributed by atoms with Crippen molar-refractivity contribution < 1.29 is 18.3 Å². The summed E-state index contributed by atoms with van der Waals surface area (Å²) in [6, 6.07) is 0.750. The monoisotopic (exact) mass is 234 g/mol. The number of aliphatic hydroxyl groups is 1. The smallest absolute Gasteiger partial charge is 0.393 e. The summed E-state index contributed by atoms with van der Waals surface area (Å²) in [5, 5.41) is 13.0. The zero-order chi connectivity index (χ0) is 11.8. The van der Waals surface area contributed by atoms with Gasteiger partial charge in [-0.3, -0.25) is 4.68 Å². The molecule has 2 rings (SSSR count). The number of nitrogens with zero attached hydrogens (tertiary/aromatic N) is 2. The molecule has 0 spiro atoms. The maximum Gasteiger partial charge on any atom is 0.433 e. The zero-order valence-electron chi connectivity index (χ0n) is 8.61. The van der Waals surface area contributed by atoms with Crippen LogP contribution in [0.25, 0.3) is 0 Å². The molecule has 0 aromatic carbocycles. The van der Waals surface area contributed by atoms with Crippen molar-refractivity contribution in [1.29, 1.82) is 0 Å². The first-order chi connectivity index (χ1) is 7.48. The highest BCUT2D eigenvalue weighted by molar-refractivity contribution is 5.06. The van der Waals surface area contributed by atoms with Crippen LogP contribution in [0.2, 0.25) is 0 Å². The molecule has 1 aromatic rings. The molecule has 3 nitrogen and oxygen atoms in total. The molecule has 6 heteroatoms. The predicted octanol–water partition coefficient (Wildman–Crippen LogP) is 2.38. The zero-order valence-corrected chi connectivity index (χ0v) is 8.61. The minimum Gasteiger partial charge on any atom is -0.393 e. The minimum absolute atomic E-state index is 0.241. The van der Waals surface area contributed by atoms with Gasteiger partial charge in [0.1, 0.15) is 5.69 Å². The Morgan fingerprint density at radius 1 is 1.25 bits per heavy atom. The Kier molecular flexibility index (Phi) is 2.92. The topological polar surface area (TPSA) is 38.0 Å². The van der Waals surface area contributed by atoms with Crippen LogP contribution >= 0.6 is 0 Å². The van der Waals surface area contributed by atoms with Crippen LogP contribution in [0.3, 0.4) is 0 Å². The summed E-state index contributed by atoms with van der Waals surface area (Å²) in [6.07, 6.45) is -1.37. The quantitative estimate of drug-likeness (QED) is 0.810. The summed E-state index contributed by atoms with van der Waals surface area (Å²) in [5.74, 6) is 0. The largest absolute Gasteiger partial charge is 0.433 e. The highest BCUT2D eigenvalue weighted by atomic mass is 19.4. The van der Waals surface area contributed by atoms with Crippen LogP contribution in [0.1, 0.15) is 37.4 Å². The molecule has 0 aliphatic heterocycles. The van der Waals surface area contributed by atoms with E-state index in [0.717, 1.165) is 10.7 Å². The molecule has 16 heavy (non-hydrogen) atoms. The van der Waals surface area contributed by atoms with Gasteiger partial charge in [0.15, 0.2) is 0 Å². The number of rotatable bonds is 1. The molecule has 1 saturated carbocycles. The van der Waals surface area contributed by atoms with Gasteiger partial charge in [-0.25, -0.2) is 0 Å². The predicted molar refractivity (Wildman–Crippen MR) is 50.7 cm³/mol. The van der Waals surface area contributed by atoms with Crippen LogP contribution in [-0.4, -0.2) is 21.0 Å². The van der Waals surface area contributed by atoms with E-state index in [9.17, 15) is 18.3 Å². The van der Waals surface area contributed by atoms with Crippen molar-refractivity contribution in [2.75, 3.05) is 0 Å². The molecule has 1 aliphatic rings. The van der Waals surface area contributed by atoms with Crippen molar-refractivity contribution in [1.82, 2.24) is 9.78 Å². The summed E-state index contributed by atoms with van der Waals surface area (Å²) in [4.78, 5) is 0. The molecule has 1 fully saturated rings. The summed E-state index contributed by atoms with van der Waals surface area (Å²) < 4.78 is 38.9. The molecule has 0 atom stereocenters. The van der Waals surface area contributed by atoms with Gasteiger partial charge in [-0.1, -0.05) is 0 Å². The van der Waals surface area contributed by atoms with Crippen molar-refractivity contribution in [2.24, 2.45) is 0 Å². The minimum atomic E-state index is -4.35. The molecule has 1 aliphatic carbocycles. The van der Waals surface area contributed by atoms with E-state index in [1.165, 1.54) is 6.20 Å². The average molecular weight is 234 g/mol. The van der Waals surface area contributed by atoms with Crippen LogP contribution in [0, 0.1) is 0 Å². The highest BCUT2D eigenvalue weighted by Crippen LogP contribution is 2.35. The molecule has 0 unspecified atom stereocenters. The third-order valence-electron chi connectivity index (χ3n) is 2.97. The summed E-state index contributed by atoms with van der Waals surface area (Å²) in [5.41, 5.74) is -0.700. The van der Waals surface area contributed by atoms with E-state index < -0.39 is 11.9 Å². The molecule has 1 heterocycles. The lowest BCUT2D eigenvalue weighted by Crippen LogP contribution is -2.25. The number of alkyl halides is 3. The highest BCUT2D eigenvalue weighted by Gasteiger charge is 2.37. The van der Waals surface area contributed by atoms with E-state index in [-0.39, 0.29) is 12.1 Å². The van der Waals surface area contributed by atoms with Crippen molar-refractivity contribution in [2.45, 2.75) is 44.0 Å². The van der Waals surface area contributed by atoms with Crippen molar-refractivity contribution >= 4 is 0 Å². The lowest BCUT2D eigenvalue weighted by atomic mass is 9.93. The van der Waals surface area contributed by atoms with Gasteiger partial charge < -0.3 is 5.11 Å². The fourth-order valence-corrected chi connectivity index (χ4v) is 2.13. The first kappa shape index (κ1) is 11.4. The number of aromatic nitrogens is 2. The normalized spacial score (nSPS) is 27.0. The molecular weight excluding hydrogens is 221 g/mol. The van der Waals surface area contributed by atoms with Gasteiger partial charge in [-0.2, -0.15) is 18.3 Å². The first-order valence-corrected chi connectivity index (χ1v) is 5.27. The van der Waals surface area contributed by atoms with E-state index >= 15 is 0 Å². The fourth-order valence-electron chi connectivity index (χ4n) is 2.13. The Morgan fingerprint density at radius 2 is 1.88 bits per heavy atom. The van der Waals surface area contributed by atoms with Gasteiger partial charge in [0, 0.05) is 6.20 Å². The van der Waals surface area contributed by atoms with Gasteiger partial charge in [-0.05, 0) is 31.7 Å². The molecule has 1 N–H and O–H groups in total. The Morgan fingerprint density at radius 3 is 2.44 bits per heavy atom. The van der Waals surface area contributed by atoms with E-state index in [2.05, 4.69) is 5.10 Å². The van der Waals surface area contributed by atoms with Crippen LogP contribution in [-0.2, 0) is 6.18 Å². The van der Waals surface area contributed by atoms with Crippen LogP contribution < -0.4 is 0 Å². The Labute approximate surface area is 90.9 Å². The van der Waals surface area contributed by atoms with Crippen molar-refractivity contribution in [3.05, 3.63) is 18.0 Å². The second-order valence-corrected chi connectivity index (χ2v) is 4.12. The van der Waals surface area contributed by atoms with E-state index in [1.807, 2.05) is 0 Å². The molecular formula is C10H13F3N2O. The Bertz CT molecular complexity index is 353. The van der Waals surface area contributed by atoms with E-state index in [0.29, 0.717) is 25.7 Å². The SMILES string of the molecule is OC1CCC(n2nccc2C(F)(F)F)CC1. The summed E-state index contributed by atoms with van der Waals surface area (Å²) >= 11 is 0. The average Bonchev–Trinajstić information content (AvgIpc) is 2.66. The second-order valence-electron chi connectivity index (χ2n) is 4.12. The van der Waals surface area contributed by atoms with Crippen molar-refractivity contribution in [3.8, 4) is 0 Å². The summed E-state index contributed by atoms with van der Waals surface area (Å²) in [7, 11) is 0. The number of hydrogen-bond donors (Lipinski definition) is 1. The Balaban J connectivity index is 2.18. The molecule has 0 saturated heterocycles. The molecule has 0 amide bonds. The lowest BCUT2D eigenvalue weighted by molar-refractivity contribution is -0.145. The van der Waals surface area contributed by atoms with Crippen LogP contribution in [0.15, 0.2) is 12.3 Å². The third-order valence-corrected chi connectivity index (χ3v) is 2.97. The molecule has 0 bridgehead atoms. The maximum atomic E-state index is 12.6. The van der Waals surface area contributed by atoms with Gasteiger partial charge >= 0.3 is 6.18 Å². The van der Waals surface area contributed by atoms with E-state index in [4.69, 9.17) is 0 Å². The second kappa shape index (κ2) is 4.08. The van der Waals surface area contributed by atoms with Gasteiger partial charge in [0.25, 0.3) is 0 Å². The lowest BCUT2D eigenvalue weighted by Gasteiger charge is -2.27. The number of halogens is 3. The summed E-state index contributed by atoms with van der Waals surface area (Å²) in [6.45, 7) is 0. The van der Waals surface area contributed by atoms with Crippen LogP contribution in [0.4, 0.5) is 13.2 Å². The van der Waals surface area contributed by atoms with Gasteiger partial charge in [-0.15, -0.1) is 0 Å². The van der Waals surface area contributed by atoms with E-state index in [1.54, 1.807) is 0 Å². The molecule has 1 aromatic heterocycles. The standard InChI is InChI=1S/C10H13F3N2O/c11-10(12,13)9-5-6-14-15(9)7-1-3-8(16)4-2-7/h5-8,16H,1-4H2. The first-order valence-electron chi connectivity index (χ1n) is 5.27. The Hall–Kier alpha value is -1.04.